The van der Waals surface area contributed by atoms with Crippen LogP contribution in [0.3, 0.4) is 0 Å². The monoisotopic (exact) mass is 182 g/mol. The number of epoxide rings is 1. The van der Waals surface area contributed by atoms with Crippen molar-refractivity contribution in [2.24, 2.45) is 0 Å². The van der Waals surface area contributed by atoms with Crippen molar-refractivity contribution < 1.29 is 14.2 Å². The molecule has 2 unspecified atom stereocenters. The van der Waals surface area contributed by atoms with E-state index in [9.17, 15) is 9.50 Å². The van der Waals surface area contributed by atoms with Gasteiger partial charge in [-0.1, -0.05) is 18.2 Å². The summed E-state index contributed by atoms with van der Waals surface area (Å²) >= 11 is 0. The highest BCUT2D eigenvalue weighted by atomic mass is 19.1. The fraction of sp³-hybridized carbons (Fsp3) is 0.400. The van der Waals surface area contributed by atoms with Crippen molar-refractivity contribution in [3.8, 4) is 0 Å². The first-order valence-electron chi connectivity index (χ1n) is 4.31. The molecule has 13 heavy (non-hydrogen) atoms. The van der Waals surface area contributed by atoms with Gasteiger partial charge in [-0.15, -0.1) is 0 Å². The molecule has 3 heteroatoms. The van der Waals surface area contributed by atoms with Gasteiger partial charge in [-0.3, -0.25) is 0 Å². The zero-order valence-electron chi connectivity index (χ0n) is 7.11. The summed E-state index contributed by atoms with van der Waals surface area (Å²) in [5.41, 5.74) is 0.359. The predicted octanol–water partition coefficient (Wildman–Crippen LogP) is 1.65. The van der Waals surface area contributed by atoms with Gasteiger partial charge in [0.1, 0.15) is 5.82 Å². The van der Waals surface area contributed by atoms with Crippen LogP contribution in [-0.4, -0.2) is 17.8 Å². The Kier molecular flexibility index (Phi) is 2.29. The van der Waals surface area contributed by atoms with Crippen LogP contribution in [0, 0.1) is 5.82 Å². The van der Waals surface area contributed by atoms with E-state index in [2.05, 4.69) is 0 Å². The summed E-state index contributed by atoms with van der Waals surface area (Å²) in [6, 6.07) is 6.28. The van der Waals surface area contributed by atoms with Gasteiger partial charge in [0.15, 0.2) is 0 Å². The molecule has 0 aliphatic carbocycles. The molecule has 1 fully saturated rings. The number of aliphatic hydroxyl groups is 1. The predicted molar refractivity (Wildman–Crippen MR) is 45.7 cm³/mol. The molecular weight excluding hydrogens is 171 g/mol. The van der Waals surface area contributed by atoms with Gasteiger partial charge >= 0.3 is 0 Å². The average Bonchev–Trinajstić information content (AvgIpc) is 2.89. The molecule has 2 rings (SSSR count). The summed E-state index contributed by atoms with van der Waals surface area (Å²) in [7, 11) is 0. The lowest BCUT2D eigenvalue weighted by molar-refractivity contribution is 0.150. The Morgan fingerprint density at radius 2 is 2.23 bits per heavy atom. The zero-order valence-corrected chi connectivity index (χ0v) is 7.11. The number of aliphatic hydroxyl groups excluding tert-OH is 1. The lowest BCUT2D eigenvalue weighted by Crippen LogP contribution is -2.03. The third-order valence-corrected chi connectivity index (χ3v) is 2.15. The minimum atomic E-state index is -0.742. The highest BCUT2D eigenvalue weighted by Gasteiger charge is 2.27. The molecule has 1 saturated heterocycles. The highest BCUT2D eigenvalue weighted by Crippen LogP contribution is 2.26. The van der Waals surface area contributed by atoms with Crippen LogP contribution in [0.1, 0.15) is 18.1 Å². The first-order chi connectivity index (χ1) is 6.27. The van der Waals surface area contributed by atoms with Gasteiger partial charge in [0.2, 0.25) is 0 Å². The van der Waals surface area contributed by atoms with E-state index in [1.54, 1.807) is 18.2 Å². The van der Waals surface area contributed by atoms with Gasteiger partial charge in [-0.2, -0.15) is 0 Å². The van der Waals surface area contributed by atoms with E-state index in [0.717, 1.165) is 0 Å². The van der Waals surface area contributed by atoms with Crippen molar-refractivity contribution in [2.75, 3.05) is 6.61 Å². The first kappa shape index (κ1) is 8.66. The van der Waals surface area contributed by atoms with Crippen LogP contribution in [-0.2, 0) is 4.74 Å². The van der Waals surface area contributed by atoms with Crippen LogP contribution in [0.5, 0.6) is 0 Å². The lowest BCUT2D eigenvalue weighted by Gasteiger charge is -2.09. The molecule has 0 radical (unpaired) electrons. The lowest BCUT2D eigenvalue weighted by atomic mass is 10.0. The molecule has 0 bridgehead atoms. The summed E-state index contributed by atoms with van der Waals surface area (Å²) in [5, 5.41) is 9.59. The molecule has 70 valence electrons. The molecule has 1 aromatic carbocycles. The third kappa shape index (κ3) is 2.05. The summed E-state index contributed by atoms with van der Waals surface area (Å²) in [4.78, 5) is 0. The topological polar surface area (TPSA) is 32.8 Å². The molecule has 2 nitrogen and oxygen atoms in total. The van der Waals surface area contributed by atoms with Crippen molar-refractivity contribution >= 4 is 0 Å². The largest absolute Gasteiger partial charge is 0.388 e. The summed E-state index contributed by atoms with van der Waals surface area (Å²) < 4.78 is 18.1. The third-order valence-electron chi connectivity index (χ3n) is 2.15. The Bertz CT molecular complexity index is 297. The van der Waals surface area contributed by atoms with Gasteiger partial charge in [0.05, 0.1) is 18.8 Å². The Morgan fingerprint density at radius 1 is 1.54 bits per heavy atom. The van der Waals surface area contributed by atoms with Gasteiger partial charge in [0.25, 0.3) is 0 Å². The summed E-state index contributed by atoms with van der Waals surface area (Å²) in [6.07, 6.45) is -0.135. The number of hydrogen-bond donors (Lipinski definition) is 1. The van der Waals surface area contributed by atoms with Crippen molar-refractivity contribution in [3.05, 3.63) is 35.6 Å². The first-order valence-corrected chi connectivity index (χ1v) is 4.31. The smallest absolute Gasteiger partial charge is 0.129 e. The molecule has 1 aliphatic rings. The van der Waals surface area contributed by atoms with Crippen molar-refractivity contribution in [1.29, 1.82) is 0 Å². The standard InChI is InChI=1S/C10H11FO2/c11-9-4-2-1-3-8(9)10(12)5-7-6-13-7/h1-4,7,10,12H,5-6H2. The molecule has 0 amide bonds. The van der Waals surface area contributed by atoms with E-state index in [1.807, 2.05) is 0 Å². The minimum absolute atomic E-state index is 0.120. The van der Waals surface area contributed by atoms with Crippen molar-refractivity contribution in [2.45, 2.75) is 18.6 Å². The Hall–Kier alpha value is -0.930. The quantitative estimate of drug-likeness (QED) is 0.721. The van der Waals surface area contributed by atoms with E-state index in [0.29, 0.717) is 18.6 Å². The number of rotatable bonds is 3. The molecule has 1 heterocycles. The SMILES string of the molecule is OC(CC1CO1)c1ccccc1F. The number of ether oxygens (including phenoxy) is 1. The second-order valence-electron chi connectivity index (χ2n) is 3.23. The van der Waals surface area contributed by atoms with E-state index in [1.165, 1.54) is 6.07 Å². The molecule has 0 saturated carbocycles. The fourth-order valence-corrected chi connectivity index (χ4v) is 1.33. The van der Waals surface area contributed by atoms with Gasteiger partial charge in [-0.25, -0.2) is 4.39 Å². The maximum Gasteiger partial charge on any atom is 0.129 e. The van der Waals surface area contributed by atoms with Gasteiger partial charge < -0.3 is 9.84 Å². The maximum atomic E-state index is 13.1. The molecule has 0 spiro atoms. The fourth-order valence-electron chi connectivity index (χ4n) is 1.33. The Morgan fingerprint density at radius 3 is 2.85 bits per heavy atom. The number of benzene rings is 1. The van der Waals surface area contributed by atoms with Crippen LogP contribution in [0.25, 0.3) is 0 Å². The van der Waals surface area contributed by atoms with Crippen LogP contribution in [0.2, 0.25) is 0 Å². The molecule has 1 aliphatic heterocycles. The van der Waals surface area contributed by atoms with Crippen molar-refractivity contribution in [3.63, 3.8) is 0 Å². The Labute approximate surface area is 76.0 Å². The highest BCUT2D eigenvalue weighted by molar-refractivity contribution is 5.19. The number of halogens is 1. The molecule has 0 aromatic heterocycles. The molecule has 2 atom stereocenters. The van der Waals surface area contributed by atoms with Gasteiger partial charge in [0, 0.05) is 12.0 Å². The second kappa shape index (κ2) is 3.44. The van der Waals surface area contributed by atoms with E-state index in [4.69, 9.17) is 4.74 Å². The molecule has 1 N–H and O–H groups in total. The van der Waals surface area contributed by atoms with E-state index in [-0.39, 0.29) is 11.9 Å². The average molecular weight is 182 g/mol. The van der Waals surface area contributed by atoms with Crippen LogP contribution in [0.4, 0.5) is 4.39 Å². The zero-order chi connectivity index (χ0) is 9.26. The maximum absolute atomic E-state index is 13.1. The van der Waals surface area contributed by atoms with Crippen LogP contribution >= 0.6 is 0 Å². The van der Waals surface area contributed by atoms with Gasteiger partial charge in [-0.05, 0) is 6.07 Å². The molecular formula is C10H11FO2. The normalized spacial score (nSPS) is 22.8. The molecule has 1 aromatic rings. The number of hydrogen-bond acceptors (Lipinski definition) is 2. The van der Waals surface area contributed by atoms with E-state index >= 15 is 0 Å². The summed E-state index contributed by atoms with van der Waals surface area (Å²) in [5.74, 6) is -0.351. The van der Waals surface area contributed by atoms with Crippen LogP contribution in [0.15, 0.2) is 24.3 Å². The van der Waals surface area contributed by atoms with Crippen molar-refractivity contribution in [1.82, 2.24) is 0 Å². The van der Waals surface area contributed by atoms with Crippen LogP contribution < -0.4 is 0 Å². The minimum Gasteiger partial charge on any atom is -0.388 e. The van der Waals surface area contributed by atoms with E-state index < -0.39 is 6.10 Å². The summed E-state index contributed by atoms with van der Waals surface area (Å²) in [6.45, 7) is 0.686. The Balaban J connectivity index is 2.09. The second-order valence-corrected chi connectivity index (χ2v) is 3.23.